The number of hydrogen-bond donors (Lipinski definition) is 1. The highest BCUT2D eigenvalue weighted by molar-refractivity contribution is 5.70. The molecule has 0 fully saturated rings. The molecule has 0 saturated carbocycles. The van der Waals surface area contributed by atoms with Crippen LogP contribution in [0.3, 0.4) is 0 Å². The van der Waals surface area contributed by atoms with Gasteiger partial charge in [0, 0.05) is 5.70 Å². The van der Waals surface area contributed by atoms with Gasteiger partial charge in [0.1, 0.15) is 5.60 Å². The molecule has 0 rings (SSSR count). The van der Waals surface area contributed by atoms with E-state index in [1.54, 1.807) is 12.2 Å². The van der Waals surface area contributed by atoms with Gasteiger partial charge in [0.05, 0.1) is 0 Å². The molecule has 0 aromatic heterocycles. The zero-order valence-corrected chi connectivity index (χ0v) is 8.68. The molecule has 0 unspecified atom stereocenters. The van der Waals surface area contributed by atoms with Gasteiger partial charge in [0.2, 0.25) is 0 Å². The van der Waals surface area contributed by atoms with E-state index < -0.39 is 11.7 Å². The van der Waals surface area contributed by atoms with Crippen LogP contribution in [0.1, 0.15) is 27.7 Å². The second kappa shape index (κ2) is 4.70. The molecule has 0 saturated heterocycles. The van der Waals surface area contributed by atoms with Crippen molar-refractivity contribution in [3.05, 3.63) is 24.4 Å². The van der Waals surface area contributed by atoms with Crippen LogP contribution < -0.4 is 5.32 Å². The summed E-state index contributed by atoms with van der Waals surface area (Å²) in [7, 11) is 0. The molecule has 1 N–H and O–H groups in total. The van der Waals surface area contributed by atoms with Crippen molar-refractivity contribution in [2.45, 2.75) is 33.3 Å². The second-order valence-electron chi connectivity index (χ2n) is 3.65. The summed E-state index contributed by atoms with van der Waals surface area (Å²) in [6.45, 7) is 10.9. The van der Waals surface area contributed by atoms with E-state index in [-0.39, 0.29) is 0 Å². The lowest BCUT2D eigenvalue weighted by Crippen LogP contribution is -2.31. The molecule has 0 spiro atoms. The van der Waals surface area contributed by atoms with Crippen LogP contribution in [0, 0.1) is 0 Å². The number of hydrogen-bond acceptors (Lipinski definition) is 2. The molecule has 0 aromatic carbocycles. The Bertz CT molecular complexity index is 224. The van der Waals surface area contributed by atoms with E-state index in [9.17, 15) is 4.79 Å². The lowest BCUT2D eigenvalue weighted by Gasteiger charge is -2.19. The van der Waals surface area contributed by atoms with Gasteiger partial charge < -0.3 is 4.74 Å². The Balaban J connectivity index is 3.96. The smallest absolute Gasteiger partial charge is 0.412 e. The van der Waals surface area contributed by atoms with Crippen LogP contribution in [0.25, 0.3) is 0 Å². The highest BCUT2D eigenvalue weighted by Crippen LogP contribution is 2.06. The zero-order chi connectivity index (χ0) is 10.5. The Labute approximate surface area is 79.5 Å². The largest absolute Gasteiger partial charge is 0.444 e. The number of carbonyl (C=O) groups excluding carboxylic acids is 1. The van der Waals surface area contributed by atoms with Gasteiger partial charge in [0.15, 0.2) is 0 Å². The van der Waals surface area contributed by atoms with E-state index in [1.165, 1.54) is 0 Å². The maximum absolute atomic E-state index is 11.1. The van der Waals surface area contributed by atoms with Gasteiger partial charge >= 0.3 is 6.09 Å². The van der Waals surface area contributed by atoms with Crippen LogP contribution in [0.5, 0.6) is 0 Å². The lowest BCUT2D eigenvalue weighted by molar-refractivity contribution is 0.0548. The van der Waals surface area contributed by atoms with Gasteiger partial charge in [-0.1, -0.05) is 12.7 Å². The number of alkyl carbamates (subject to hydrolysis) is 1. The summed E-state index contributed by atoms with van der Waals surface area (Å²) in [4.78, 5) is 11.1. The van der Waals surface area contributed by atoms with E-state index >= 15 is 0 Å². The Morgan fingerprint density at radius 2 is 2.00 bits per heavy atom. The Hall–Kier alpha value is -1.25. The van der Waals surface area contributed by atoms with Crippen LogP contribution in [-0.2, 0) is 4.74 Å². The molecule has 0 aliphatic rings. The number of amides is 1. The normalized spacial score (nSPS) is 11.4. The highest BCUT2D eigenvalue weighted by Gasteiger charge is 2.15. The fourth-order valence-corrected chi connectivity index (χ4v) is 0.678. The fraction of sp³-hybridized carbons (Fsp3) is 0.500. The second-order valence-corrected chi connectivity index (χ2v) is 3.65. The number of ether oxygens (including phenoxy) is 1. The number of rotatable bonds is 2. The minimum absolute atomic E-state index is 0.472. The van der Waals surface area contributed by atoms with Gasteiger partial charge in [-0.2, -0.15) is 0 Å². The predicted octanol–water partition coefficient (Wildman–Crippen LogP) is 2.60. The third-order valence-electron chi connectivity index (χ3n) is 1.03. The van der Waals surface area contributed by atoms with E-state index in [1.807, 2.05) is 27.7 Å². The Morgan fingerprint density at radius 1 is 1.46 bits per heavy atom. The maximum atomic E-state index is 11.1. The first-order chi connectivity index (χ1) is 5.85. The molecular weight excluding hydrogens is 166 g/mol. The van der Waals surface area contributed by atoms with Gasteiger partial charge in [-0.05, 0) is 33.8 Å². The van der Waals surface area contributed by atoms with E-state index in [0.717, 1.165) is 0 Å². The van der Waals surface area contributed by atoms with Crippen LogP contribution >= 0.6 is 0 Å². The summed E-state index contributed by atoms with van der Waals surface area (Å²) in [6, 6.07) is 0. The van der Waals surface area contributed by atoms with Crippen LogP contribution in [0.2, 0.25) is 0 Å². The van der Waals surface area contributed by atoms with E-state index in [0.29, 0.717) is 5.70 Å². The standard InChI is InChI=1S/C10H17NO2/c1-6-7-8(2)11-9(12)13-10(3,4)5/h6-7H,2H2,1,3-5H3,(H,11,12)/b7-6+. The number of carbonyl (C=O) groups is 1. The van der Waals surface area contributed by atoms with Crippen molar-refractivity contribution in [1.29, 1.82) is 0 Å². The van der Waals surface area contributed by atoms with Crippen molar-refractivity contribution < 1.29 is 9.53 Å². The molecule has 0 heterocycles. The topological polar surface area (TPSA) is 38.3 Å². The average molecular weight is 183 g/mol. The third kappa shape index (κ3) is 7.12. The predicted molar refractivity (Wildman–Crippen MR) is 53.3 cm³/mol. The van der Waals surface area contributed by atoms with Crippen LogP contribution in [0.4, 0.5) is 4.79 Å². The van der Waals surface area contributed by atoms with Crippen LogP contribution in [0.15, 0.2) is 24.4 Å². The Kier molecular flexibility index (Phi) is 4.25. The molecule has 74 valence electrons. The van der Waals surface area contributed by atoms with Crippen molar-refractivity contribution >= 4 is 6.09 Å². The summed E-state index contributed by atoms with van der Waals surface area (Å²) in [5.41, 5.74) is 0.0528. The van der Waals surface area contributed by atoms with Crippen LogP contribution in [-0.4, -0.2) is 11.7 Å². The summed E-state index contributed by atoms with van der Waals surface area (Å²) >= 11 is 0. The van der Waals surface area contributed by atoms with Gasteiger partial charge in [-0.25, -0.2) is 4.79 Å². The van der Waals surface area contributed by atoms with Crippen molar-refractivity contribution in [2.75, 3.05) is 0 Å². The third-order valence-corrected chi connectivity index (χ3v) is 1.03. The molecule has 3 heteroatoms. The first-order valence-electron chi connectivity index (χ1n) is 4.17. The first-order valence-corrected chi connectivity index (χ1v) is 4.17. The number of allylic oxidation sites excluding steroid dienone is 2. The van der Waals surface area contributed by atoms with Crippen molar-refractivity contribution in [1.82, 2.24) is 5.32 Å². The van der Waals surface area contributed by atoms with E-state index in [4.69, 9.17) is 4.74 Å². The Morgan fingerprint density at radius 3 is 2.38 bits per heavy atom. The highest BCUT2D eigenvalue weighted by atomic mass is 16.6. The van der Waals surface area contributed by atoms with Gasteiger partial charge in [-0.15, -0.1) is 0 Å². The molecule has 0 aliphatic carbocycles. The SMILES string of the molecule is C=C(/C=C/C)NC(=O)OC(C)(C)C. The molecular formula is C10H17NO2. The lowest BCUT2D eigenvalue weighted by atomic mass is 10.2. The quantitative estimate of drug-likeness (QED) is 0.668. The fourth-order valence-electron chi connectivity index (χ4n) is 0.678. The summed E-state index contributed by atoms with van der Waals surface area (Å²) in [6.07, 6.45) is 3.01. The maximum Gasteiger partial charge on any atom is 0.412 e. The molecule has 0 aliphatic heterocycles. The summed E-state index contributed by atoms with van der Waals surface area (Å²) in [5.74, 6) is 0. The molecule has 3 nitrogen and oxygen atoms in total. The van der Waals surface area contributed by atoms with Crippen molar-refractivity contribution in [2.24, 2.45) is 0 Å². The van der Waals surface area contributed by atoms with Crippen molar-refractivity contribution in [3.8, 4) is 0 Å². The average Bonchev–Trinajstić information content (AvgIpc) is 1.81. The number of nitrogens with one attached hydrogen (secondary N) is 1. The molecule has 0 aromatic rings. The molecule has 0 radical (unpaired) electrons. The summed E-state index contributed by atoms with van der Waals surface area (Å²) < 4.78 is 5.01. The van der Waals surface area contributed by atoms with E-state index in [2.05, 4.69) is 11.9 Å². The zero-order valence-electron chi connectivity index (χ0n) is 8.68. The molecule has 0 atom stereocenters. The van der Waals surface area contributed by atoms with Crippen molar-refractivity contribution in [3.63, 3.8) is 0 Å². The minimum Gasteiger partial charge on any atom is -0.444 e. The van der Waals surface area contributed by atoms with Gasteiger partial charge in [-0.3, -0.25) is 5.32 Å². The molecule has 1 amide bonds. The van der Waals surface area contributed by atoms with Gasteiger partial charge in [0.25, 0.3) is 0 Å². The molecule has 13 heavy (non-hydrogen) atoms. The molecule has 0 bridgehead atoms. The first kappa shape index (κ1) is 11.8. The summed E-state index contributed by atoms with van der Waals surface area (Å²) in [5, 5.41) is 2.49. The monoisotopic (exact) mass is 183 g/mol. The minimum atomic E-state index is -0.476.